The molecule has 1 heterocycles. The number of nitrogens with zero attached hydrogens (tertiary/aromatic N) is 1. The lowest BCUT2D eigenvalue weighted by Gasteiger charge is -2.07. The molecule has 7 heteroatoms. The zero-order chi connectivity index (χ0) is 21.0. The van der Waals surface area contributed by atoms with E-state index in [-0.39, 0.29) is 28.9 Å². The van der Waals surface area contributed by atoms with Crippen molar-refractivity contribution >= 4 is 21.4 Å². The smallest absolute Gasteiger partial charge is 0.226 e. The Morgan fingerprint density at radius 3 is 2.31 bits per heavy atom. The highest BCUT2D eigenvalue weighted by Gasteiger charge is 2.16. The summed E-state index contributed by atoms with van der Waals surface area (Å²) in [7, 11) is -3.49. The van der Waals surface area contributed by atoms with Gasteiger partial charge in [-0.3, -0.25) is 4.79 Å². The van der Waals surface area contributed by atoms with Crippen LogP contribution in [0, 0.1) is 6.92 Å². The molecule has 0 fully saturated rings. The van der Waals surface area contributed by atoms with E-state index < -0.39 is 9.84 Å². The van der Waals surface area contributed by atoms with Crippen LogP contribution in [0.2, 0.25) is 0 Å². The molecule has 1 N–H and O–H groups in total. The number of aromatic nitrogens is 1. The standard InChI is InChI=1S/C22H24N2O4S/c1-15(2)20-14-23-22(28-20)17-6-8-18(9-7-17)24-21(25)12-13-29(26,27)19-10-4-16(3)5-11-19/h4-11,14-15H,12-13H2,1-3H3,(H,24,25). The molecule has 0 unspecified atom stereocenters. The highest BCUT2D eigenvalue weighted by Crippen LogP contribution is 2.24. The zero-order valence-electron chi connectivity index (χ0n) is 16.7. The number of rotatable bonds is 7. The van der Waals surface area contributed by atoms with Gasteiger partial charge >= 0.3 is 0 Å². The number of carbonyl (C=O) groups excluding carboxylic acids is 1. The monoisotopic (exact) mass is 412 g/mol. The fourth-order valence-electron chi connectivity index (χ4n) is 2.70. The SMILES string of the molecule is Cc1ccc(S(=O)(=O)CCC(=O)Nc2ccc(-c3ncc(C(C)C)o3)cc2)cc1. The lowest BCUT2D eigenvalue weighted by Crippen LogP contribution is -2.17. The minimum Gasteiger partial charge on any atom is -0.441 e. The fourth-order valence-corrected chi connectivity index (χ4v) is 3.94. The van der Waals surface area contributed by atoms with Gasteiger partial charge in [-0.15, -0.1) is 0 Å². The quantitative estimate of drug-likeness (QED) is 0.614. The van der Waals surface area contributed by atoms with Crippen molar-refractivity contribution in [2.75, 3.05) is 11.1 Å². The Kier molecular flexibility index (Phi) is 6.17. The number of aryl methyl sites for hydroxylation is 1. The number of benzene rings is 2. The predicted octanol–water partition coefficient (Wildman–Crippen LogP) is 4.58. The van der Waals surface area contributed by atoms with Crippen molar-refractivity contribution in [2.45, 2.75) is 38.0 Å². The van der Waals surface area contributed by atoms with Crippen molar-refractivity contribution in [3.63, 3.8) is 0 Å². The normalized spacial score (nSPS) is 11.6. The molecule has 1 aromatic heterocycles. The second-order valence-corrected chi connectivity index (χ2v) is 9.34. The summed E-state index contributed by atoms with van der Waals surface area (Å²) in [5, 5.41) is 2.72. The van der Waals surface area contributed by atoms with Crippen LogP contribution in [-0.2, 0) is 14.6 Å². The second-order valence-electron chi connectivity index (χ2n) is 7.23. The van der Waals surface area contributed by atoms with Gasteiger partial charge in [-0.2, -0.15) is 0 Å². The van der Waals surface area contributed by atoms with Gasteiger partial charge in [0.1, 0.15) is 5.76 Å². The molecule has 2 aromatic carbocycles. The average molecular weight is 413 g/mol. The Labute approximate surface area is 170 Å². The minimum atomic E-state index is -3.49. The molecular formula is C22H24N2O4S. The van der Waals surface area contributed by atoms with Gasteiger partial charge in [0.05, 0.1) is 16.8 Å². The van der Waals surface area contributed by atoms with Crippen molar-refractivity contribution in [1.82, 2.24) is 4.98 Å². The van der Waals surface area contributed by atoms with Crippen LogP contribution in [0.5, 0.6) is 0 Å². The van der Waals surface area contributed by atoms with E-state index in [1.165, 1.54) is 0 Å². The number of hydrogen-bond acceptors (Lipinski definition) is 5. The molecule has 0 radical (unpaired) electrons. The summed E-state index contributed by atoms with van der Waals surface area (Å²) in [6.07, 6.45) is 1.60. The first-order valence-corrected chi connectivity index (χ1v) is 11.1. The van der Waals surface area contributed by atoms with Gasteiger partial charge in [-0.25, -0.2) is 13.4 Å². The molecule has 1 amide bonds. The van der Waals surface area contributed by atoms with Crippen LogP contribution in [0.3, 0.4) is 0 Å². The van der Waals surface area contributed by atoms with Gasteiger partial charge in [-0.1, -0.05) is 31.5 Å². The lowest BCUT2D eigenvalue weighted by molar-refractivity contribution is -0.115. The van der Waals surface area contributed by atoms with Crippen LogP contribution in [0.1, 0.15) is 37.5 Å². The Morgan fingerprint density at radius 2 is 1.72 bits per heavy atom. The topological polar surface area (TPSA) is 89.3 Å². The fraction of sp³-hybridized carbons (Fsp3) is 0.273. The number of nitrogens with one attached hydrogen (secondary N) is 1. The first-order valence-electron chi connectivity index (χ1n) is 9.40. The number of anilines is 1. The summed E-state index contributed by atoms with van der Waals surface area (Å²) in [5.41, 5.74) is 2.37. The summed E-state index contributed by atoms with van der Waals surface area (Å²) in [5.74, 6) is 0.995. The maximum absolute atomic E-state index is 12.4. The van der Waals surface area contributed by atoms with Gasteiger partial charge in [0, 0.05) is 23.6 Å². The number of hydrogen-bond donors (Lipinski definition) is 1. The molecule has 0 aliphatic heterocycles. The molecule has 3 aromatic rings. The van der Waals surface area contributed by atoms with Crippen LogP contribution in [0.15, 0.2) is 64.0 Å². The molecule has 6 nitrogen and oxygen atoms in total. The lowest BCUT2D eigenvalue weighted by atomic mass is 10.2. The zero-order valence-corrected chi connectivity index (χ0v) is 17.5. The van der Waals surface area contributed by atoms with E-state index in [9.17, 15) is 13.2 Å². The second kappa shape index (κ2) is 8.61. The van der Waals surface area contributed by atoms with Gasteiger partial charge in [0.15, 0.2) is 9.84 Å². The summed E-state index contributed by atoms with van der Waals surface area (Å²) >= 11 is 0. The molecule has 0 bridgehead atoms. The van der Waals surface area contributed by atoms with Gasteiger partial charge < -0.3 is 9.73 Å². The average Bonchev–Trinajstić information content (AvgIpc) is 3.18. The third-order valence-electron chi connectivity index (χ3n) is 4.49. The first-order chi connectivity index (χ1) is 13.7. The highest BCUT2D eigenvalue weighted by atomic mass is 32.2. The molecule has 0 saturated heterocycles. The van der Waals surface area contributed by atoms with Crippen LogP contribution < -0.4 is 5.32 Å². The van der Waals surface area contributed by atoms with Crippen molar-refractivity contribution < 1.29 is 17.6 Å². The van der Waals surface area contributed by atoms with Gasteiger partial charge in [0.2, 0.25) is 11.8 Å². The van der Waals surface area contributed by atoms with E-state index >= 15 is 0 Å². The van der Waals surface area contributed by atoms with Crippen molar-refractivity contribution in [3.8, 4) is 11.5 Å². The number of carbonyl (C=O) groups is 1. The summed E-state index contributed by atoms with van der Waals surface area (Å²) < 4.78 is 30.4. The minimum absolute atomic E-state index is 0.116. The first kappa shape index (κ1) is 20.8. The number of oxazole rings is 1. The Balaban J connectivity index is 1.58. The van der Waals surface area contributed by atoms with E-state index in [1.807, 2.05) is 20.8 Å². The molecule has 152 valence electrons. The van der Waals surface area contributed by atoms with Crippen molar-refractivity contribution in [3.05, 3.63) is 66.1 Å². The Morgan fingerprint density at radius 1 is 1.07 bits per heavy atom. The third kappa shape index (κ3) is 5.32. The maximum Gasteiger partial charge on any atom is 0.226 e. The molecule has 0 saturated carbocycles. The van der Waals surface area contributed by atoms with E-state index in [2.05, 4.69) is 10.3 Å². The Bertz CT molecular complexity index is 1080. The van der Waals surface area contributed by atoms with Crippen molar-refractivity contribution in [2.24, 2.45) is 0 Å². The molecule has 0 aliphatic carbocycles. The van der Waals surface area contributed by atoms with Gasteiger partial charge in [-0.05, 0) is 43.3 Å². The predicted molar refractivity (Wildman–Crippen MR) is 113 cm³/mol. The van der Waals surface area contributed by atoms with Crippen LogP contribution in [-0.4, -0.2) is 25.1 Å². The Hall–Kier alpha value is -2.93. The van der Waals surface area contributed by atoms with Gasteiger partial charge in [0.25, 0.3) is 0 Å². The van der Waals surface area contributed by atoms with E-state index in [0.29, 0.717) is 11.6 Å². The molecule has 0 spiro atoms. The number of amides is 1. The number of sulfone groups is 1. The third-order valence-corrected chi connectivity index (χ3v) is 6.22. The van der Waals surface area contributed by atoms with E-state index in [0.717, 1.165) is 16.9 Å². The van der Waals surface area contributed by atoms with Crippen LogP contribution >= 0.6 is 0 Å². The summed E-state index contributed by atoms with van der Waals surface area (Å²) in [6, 6.07) is 13.7. The molecule has 0 atom stereocenters. The molecule has 0 aliphatic rings. The summed E-state index contributed by atoms with van der Waals surface area (Å²) in [6.45, 7) is 5.95. The van der Waals surface area contributed by atoms with Crippen LogP contribution in [0.4, 0.5) is 5.69 Å². The van der Waals surface area contributed by atoms with Crippen LogP contribution in [0.25, 0.3) is 11.5 Å². The molecule has 29 heavy (non-hydrogen) atoms. The van der Waals surface area contributed by atoms with Crippen molar-refractivity contribution in [1.29, 1.82) is 0 Å². The largest absolute Gasteiger partial charge is 0.441 e. The molecular weight excluding hydrogens is 388 g/mol. The highest BCUT2D eigenvalue weighted by molar-refractivity contribution is 7.91. The van der Waals surface area contributed by atoms with E-state index in [4.69, 9.17) is 4.42 Å². The van der Waals surface area contributed by atoms with E-state index in [1.54, 1.807) is 54.7 Å². The maximum atomic E-state index is 12.4. The summed E-state index contributed by atoms with van der Waals surface area (Å²) in [4.78, 5) is 16.7. The molecule has 3 rings (SSSR count).